The minimum Gasteiger partial charge on any atom is -0.339 e. The van der Waals surface area contributed by atoms with Gasteiger partial charge in [-0.2, -0.15) is 0 Å². The molecule has 0 bridgehead atoms. The number of imidazole rings is 3. The Morgan fingerprint density at radius 1 is 0.818 bits per heavy atom. The largest absolute Gasteiger partial charge is 0.339 e. The van der Waals surface area contributed by atoms with Crippen LogP contribution in [0.5, 0.6) is 0 Å². The van der Waals surface area contributed by atoms with Crippen molar-refractivity contribution in [3.63, 3.8) is 0 Å². The van der Waals surface area contributed by atoms with Gasteiger partial charge in [0, 0.05) is 29.7 Å². The number of rotatable bonds is 8. The third-order valence-corrected chi connectivity index (χ3v) is 9.81. The Morgan fingerprint density at radius 2 is 1.50 bits per heavy atom. The summed E-state index contributed by atoms with van der Waals surface area (Å²) in [5.74, 6) is 2.36. The maximum Gasteiger partial charge on any atom is 0.244 e. The summed E-state index contributed by atoms with van der Waals surface area (Å²) in [6.45, 7) is 18.2. The first kappa shape index (κ1) is 29.6. The van der Waals surface area contributed by atoms with E-state index in [1.165, 1.54) is 22.4 Å². The Labute approximate surface area is 261 Å². The molecule has 0 atom stereocenters. The van der Waals surface area contributed by atoms with Gasteiger partial charge in [-0.15, -0.1) is 0 Å². The zero-order valence-corrected chi connectivity index (χ0v) is 27.5. The van der Waals surface area contributed by atoms with Crippen molar-refractivity contribution in [1.29, 1.82) is 0 Å². The highest BCUT2D eigenvalue weighted by molar-refractivity contribution is 5.72. The zero-order chi connectivity index (χ0) is 31.4. The number of fused-ring (bicyclic) bond motifs is 1. The average molecular weight is 585 g/mol. The molecule has 0 saturated heterocycles. The Hall–Kier alpha value is -4.45. The number of aryl methyl sites for hydroxylation is 1. The van der Waals surface area contributed by atoms with Gasteiger partial charge in [0.05, 0.1) is 29.5 Å². The molecule has 1 N–H and O–H groups in total. The number of H-pyrrole nitrogens is 1. The zero-order valence-electron chi connectivity index (χ0n) is 27.5. The minimum absolute atomic E-state index is 0.234. The quantitative estimate of drug-likeness (QED) is 0.144. The molecule has 6 rings (SSSR count). The van der Waals surface area contributed by atoms with Crippen LogP contribution in [0.3, 0.4) is 0 Å². The molecule has 0 aliphatic rings. The van der Waals surface area contributed by atoms with E-state index in [0.717, 1.165) is 34.1 Å². The van der Waals surface area contributed by atoms with E-state index in [0.29, 0.717) is 11.8 Å². The second-order valence-electron chi connectivity index (χ2n) is 13.6. The Morgan fingerprint density at radius 3 is 2.20 bits per heavy atom. The molecule has 0 aliphatic carbocycles. The number of nitrogens with one attached hydrogen (secondary N) is 1. The number of hydrogen-bond acceptors (Lipinski definition) is 2. The fourth-order valence-electron chi connectivity index (χ4n) is 6.32. The summed E-state index contributed by atoms with van der Waals surface area (Å²) in [4.78, 5) is 13.4. The van der Waals surface area contributed by atoms with Gasteiger partial charge in [-0.25, -0.2) is 9.97 Å². The van der Waals surface area contributed by atoms with Crippen molar-refractivity contribution in [2.75, 3.05) is 0 Å². The lowest BCUT2D eigenvalue weighted by Crippen LogP contribution is -2.41. The van der Waals surface area contributed by atoms with Crippen LogP contribution in [0, 0.1) is 6.33 Å². The van der Waals surface area contributed by atoms with Gasteiger partial charge >= 0.3 is 0 Å². The van der Waals surface area contributed by atoms with Crippen LogP contribution in [-0.4, -0.2) is 24.1 Å². The van der Waals surface area contributed by atoms with Crippen molar-refractivity contribution in [2.24, 2.45) is 7.05 Å². The summed E-state index contributed by atoms with van der Waals surface area (Å²) >= 11 is 0. The summed E-state index contributed by atoms with van der Waals surface area (Å²) in [5, 5.41) is 0. The number of aromatic nitrogens is 6. The van der Waals surface area contributed by atoms with Crippen LogP contribution in [-0.2, 0) is 17.9 Å². The van der Waals surface area contributed by atoms with Crippen molar-refractivity contribution in [3.05, 3.63) is 114 Å². The van der Waals surface area contributed by atoms with Crippen LogP contribution in [0.25, 0.3) is 34.1 Å². The van der Waals surface area contributed by atoms with E-state index in [4.69, 9.17) is 9.97 Å². The van der Waals surface area contributed by atoms with Crippen LogP contribution in [0.2, 0.25) is 0 Å². The average Bonchev–Trinajstić information content (AvgIpc) is 3.76. The SMILES string of the molecule is CC(C)c1cccc(C(C)C)c1-n1ccnc1-c1ncc(C(C)(C)C(C)(C)c2cccc(-[n+]3[c-]n(C)c4ccccc43)c2)[nH]1. The second-order valence-corrected chi connectivity index (χ2v) is 13.6. The first-order valence-electron chi connectivity index (χ1n) is 15.6. The van der Waals surface area contributed by atoms with Crippen molar-refractivity contribution >= 4 is 11.0 Å². The molecule has 0 unspecified atom stereocenters. The molecule has 6 heteroatoms. The molecule has 0 fully saturated rings. The Balaban J connectivity index is 1.38. The number of para-hydroxylation sites is 3. The van der Waals surface area contributed by atoms with Crippen molar-refractivity contribution in [2.45, 2.75) is 78.1 Å². The third kappa shape index (κ3) is 4.77. The van der Waals surface area contributed by atoms with Gasteiger partial charge in [0.1, 0.15) is 0 Å². The molecule has 3 aromatic carbocycles. The summed E-state index contributed by atoms with van der Waals surface area (Å²) < 4.78 is 6.42. The maximum atomic E-state index is 4.92. The molecule has 6 nitrogen and oxygen atoms in total. The van der Waals surface area contributed by atoms with Gasteiger partial charge in [-0.3, -0.25) is 4.57 Å². The summed E-state index contributed by atoms with van der Waals surface area (Å²) in [7, 11) is 2.04. The van der Waals surface area contributed by atoms with E-state index >= 15 is 0 Å². The smallest absolute Gasteiger partial charge is 0.244 e. The van der Waals surface area contributed by atoms with E-state index in [1.54, 1.807) is 0 Å². The lowest BCUT2D eigenvalue weighted by molar-refractivity contribution is -0.573. The monoisotopic (exact) mass is 584 g/mol. The minimum atomic E-state index is -0.277. The molecule has 226 valence electrons. The molecule has 0 saturated carbocycles. The van der Waals surface area contributed by atoms with Crippen LogP contribution < -0.4 is 4.57 Å². The molecule has 0 spiro atoms. The van der Waals surface area contributed by atoms with Crippen molar-refractivity contribution < 1.29 is 4.57 Å². The van der Waals surface area contributed by atoms with E-state index < -0.39 is 0 Å². The van der Waals surface area contributed by atoms with E-state index in [2.05, 4.69) is 153 Å². The first-order chi connectivity index (χ1) is 20.9. The molecular formula is C38H44N6. The lowest BCUT2D eigenvalue weighted by Gasteiger charge is -2.42. The molecule has 0 radical (unpaired) electrons. The first-order valence-corrected chi connectivity index (χ1v) is 15.6. The molecule has 3 aromatic heterocycles. The number of hydrogen-bond donors (Lipinski definition) is 1. The standard InChI is InChI=1S/C38H44N6/c1-25(2)29-16-13-17-30(26(3)4)34(29)43-21-20-39-36(43)35-40-23-33(41-35)38(7,8)37(5,6)27-14-12-15-28(22-27)44-24-42(9)31-18-10-11-19-32(31)44/h10-23,25-26H,1-9H3,(H,40,41). The number of aromatic amines is 1. The molecule has 3 heterocycles. The fourth-order valence-corrected chi connectivity index (χ4v) is 6.32. The van der Waals surface area contributed by atoms with Gasteiger partial charge in [-0.1, -0.05) is 122 Å². The van der Waals surface area contributed by atoms with Crippen LogP contribution in [0.1, 0.15) is 89.6 Å². The fraction of sp³-hybridized carbons (Fsp3) is 0.342. The second kappa shape index (κ2) is 10.9. The molecule has 0 amide bonds. The molecule has 0 aliphatic heterocycles. The van der Waals surface area contributed by atoms with Gasteiger partial charge in [0.15, 0.2) is 11.6 Å². The van der Waals surface area contributed by atoms with Gasteiger partial charge in [0.2, 0.25) is 6.33 Å². The van der Waals surface area contributed by atoms with Crippen LogP contribution in [0.15, 0.2) is 85.3 Å². The van der Waals surface area contributed by atoms with E-state index in [9.17, 15) is 0 Å². The Bertz CT molecular complexity index is 1920. The lowest BCUT2D eigenvalue weighted by atomic mass is 9.62. The molecular weight excluding hydrogens is 540 g/mol. The molecule has 44 heavy (non-hydrogen) atoms. The van der Waals surface area contributed by atoms with Gasteiger partial charge in [0.25, 0.3) is 0 Å². The number of nitrogens with zero attached hydrogens (tertiary/aromatic N) is 5. The van der Waals surface area contributed by atoms with Gasteiger partial charge < -0.3 is 14.1 Å². The van der Waals surface area contributed by atoms with E-state index in [1.807, 2.05) is 19.4 Å². The predicted octanol–water partition coefficient (Wildman–Crippen LogP) is 8.33. The van der Waals surface area contributed by atoms with Crippen molar-refractivity contribution in [1.82, 2.24) is 24.1 Å². The molecule has 6 aromatic rings. The highest BCUT2D eigenvalue weighted by Gasteiger charge is 2.41. The van der Waals surface area contributed by atoms with Crippen LogP contribution in [0.4, 0.5) is 0 Å². The topological polar surface area (TPSA) is 55.3 Å². The summed E-state index contributed by atoms with van der Waals surface area (Å²) in [6, 6.07) is 23.9. The van der Waals surface area contributed by atoms with E-state index in [-0.39, 0.29) is 10.8 Å². The highest BCUT2D eigenvalue weighted by atomic mass is 15.1. The number of benzene rings is 3. The van der Waals surface area contributed by atoms with Crippen molar-refractivity contribution in [3.8, 4) is 23.0 Å². The normalized spacial score (nSPS) is 12.6. The summed E-state index contributed by atoms with van der Waals surface area (Å²) in [5.41, 5.74) is 9.03. The van der Waals surface area contributed by atoms with Gasteiger partial charge in [-0.05, 0) is 33.9 Å². The third-order valence-electron chi connectivity index (χ3n) is 9.81. The summed E-state index contributed by atoms with van der Waals surface area (Å²) in [6.07, 6.45) is 9.42. The maximum absolute atomic E-state index is 4.92. The Kier molecular flexibility index (Phi) is 7.35. The highest BCUT2D eigenvalue weighted by Crippen LogP contribution is 2.44. The van der Waals surface area contributed by atoms with Crippen LogP contribution >= 0.6 is 0 Å². The predicted molar refractivity (Wildman–Crippen MR) is 179 cm³/mol.